The predicted molar refractivity (Wildman–Crippen MR) is 127 cm³/mol. The van der Waals surface area contributed by atoms with Gasteiger partial charge in [0.25, 0.3) is 5.91 Å². The minimum Gasteiger partial charge on any atom is -0.490 e. The van der Waals surface area contributed by atoms with Crippen LogP contribution in [0.3, 0.4) is 0 Å². The number of amides is 1. The van der Waals surface area contributed by atoms with Gasteiger partial charge in [0.1, 0.15) is 0 Å². The van der Waals surface area contributed by atoms with Crippen molar-refractivity contribution in [3.63, 3.8) is 0 Å². The number of nitrogens with zero attached hydrogens (tertiary/aromatic N) is 1. The Balaban J connectivity index is 1.67. The molecule has 0 aliphatic carbocycles. The van der Waals surface area contributed by atoms with Crippen molar-refractivity contribution in [2.24, 2.45) is 0 Å². The summed E-state index contributed by atoms with van der Waals surface area (Å²) in [6.45, 7) is 3.54. The quantitative estimate of drug-likeness (QED) is 0.350. The predicted octanol–water partition coefficient (Wildman–Crippen LogP) is 5.28. The second kappa shape index (κ2) is 8.55. The number of aryl methyl sites for hydroxylation is 1. The van der Waals surface area contributed by atoms with Crippen molar-refractivity contribution in [2.45, 2.75) is 32.3 Å². The first-order valence-electron chi connectivity index (χ1n) is 10.6. The van der Waals surface area contributed by atoms with Gasteiger partial charge in [-0.05, 0) is 79.8 Å². The number of aliphatic hydroxyl groups is 1. The summed E-state index contributed by atoms with van der Waals surface area (Å²) < 4.78 is 5.18. The lowest BCUT2D eigenvalue weighted by molar-refractivity contribution is -0.385. The van der Waals surface area contributed by atoms with Gasteiger partial charge in [-0.1, -0.05) is 12.1 Å². The van der Waals surface area contributed by atoms with E-state index in [0.29, 0.717) is 29.8 Å². The van der Waals surface area contributed by atoms with Crippen LogP contribution in [0.2, 0.25) is 0 Å². The summed E-state index contributed by atoms with van der Waals surface area (Å²) in [6.07, 6.45) is 1.29. The van der Waals surface area contributed by atoms with Crippen LogP contribution in [0.5, 0.6) is 5.75 Å². The molecular formula is C25H25N3O5. The largest absolute Gasteiger partial charge is 0.490 e. The third kappa shape index (κ3) is 4.80. The Morgan fingerprint density at radius 1 is 0.970 bits per heavy atom. The molecule has 3 aromatic rings. The lowest BCUT2D eigenvalue weighted by atomic mass is 9.98. The van der Waals surface area contributed by atoms with Crippen LogP contribution in [0, 0.1) is 10.1 Å². The number of nitro groups is 1. The SMILES string of the molecule is COc1cc(-c2ccc3c(c2)Nc2ccc(CCC(C)(C)O)cc2NC3=O)ccc1[N+](=O)[O-]. The molecular weight excluding hydrogens is 422 g/mol. The molecule has 8 heteroatoms. The van der Waals surface area contributed by atoms with Crippen LogP contribution in [0.1, 0.15) is 36.2 Å². The Labute approximate surface area is 191 Å². The zero-order valence-electron chi connectivity index (χ0n) is 18.6. The molecule has 1 amide bonds. The van der Waals surface area contributed by atoms with Crippen molar-refractivity contribution in [3.05, 3.63) is 75.8 Å². The number of nitrogens with one attached hydrogen (secondary N) is 2. The summed E-state index contributed by atoms with van der Waals surface area (Å²) in [7, 11) is 1.39. The molecule has 1 aliphatic heterocycles. The van der Waals surface area contributed by atoms with Gasteiger partial charge in [-0.15, -0.1) is 0 Å². The van der Waals surface area contributed by atoms with Gasteiger partial charge < -0.3 is 20.5 Å². The van der Waals surface area contributed by atoms with E-state index in [4.69, 9.17) is 4.74 Å². The van der Waals surface area contributed by atoms with Gasteiger partial charge in [0.2, 0.25) is 0 Å². The fraction of sp³-hybridized carbons (Fsp3) is 0.240. The number of rotatable bonds is 6. The molecule has 4 rings (SSSR count). The van der Waals surface area contributed by atoms with Crippen LogP contribution in [0.15, 0.2) is 54.6 Å². The molecule has 33 heavy (non-hydrogen) atoms. The highest BCUT2D eigenvalue weighted by atomic mass is 16.6. The molecule has 0 fully saturated rings. The Morgan fingerprint density at radius 3 is 2.39 bits per heavy atom. The third-order valence-corrected chi connectivity index (χ3v) is 5.60. The topological polar surface area (TPSA) is 114 Å². The standard InChI is InChI=1S/C25H25N3O5/c1-25(2,30)11-10-15-4-8-19-21(12-15)27-24(29)18-7-5-16(13-20(18)26-19)17-6-9-22(28(31)32)23(14-17)33-3/h4-9,12-14,26,30H,10-11H2,1-3H3,(H,27,29). The first kappa shape index (κ1) is 22.3. The Bertz CT molecular complexity index is 1250. The van der Waals surface area contributed by atoms with E-state index in [9.17, 15) is 20.0 Å². The maximum absolute atomic E-state index is 12.9. The monoisotopic (exact) mass is 447 g/mol. The van der Waals surface area contributed by atoms with E-state index in [1.165, 1.54) is 13.2 Å². The average Bonchev–Trinajstić information content (AvgIpc) is 2.91. The minimum absolute atomic E-state index is 0.108. The highest BCUT2D eigenvalue weighted by molar-refractivity contribution is 6.12. The highest BCUT2D eigenvalue weighted by Crippen LogP contribution is 2.37. The lowest BCUT2D eigenvalue weighted by Gasteiger charge is -2.17. The second-order valence-electron chi connectivity index (χ2n) is 8.68. The first-order chi connectivity index (χ1) is 15.6. The van der Waals surface area contributed by atoms with Crippen LogP contribution in [0.25, 0.3) is 11.1 Å². The smallest absolute Gasteiger partial charge is 0.310 e. The van der Waals surface area contributed by atoms with E-state index < -0.39 is 10.5 Å². The van der Waals surface area contributed by atoms with Gasteiger partial charge >= 0.3 is 5.69 Å². The van der Waals surface area contributed by atoms with Crippen molar-refractivity contribution in [1.82, 2.24) is 0 Å². The fourth-order valence-electron chi connectivity index (χ4n) is 3.78. The molecule has 0 bridgehead atoms. The van der Waals surface area contributed by atoms with Gasteiger partial charge in [-0.3, -0.25) is 14.9 Å². The first-order valence-corrected chi connectivity index (χ1v) is 10.6. The van der Waals surface area contributed by atoms with Crippen molar-refractivity contribution in [1.29, 1.82) is 0 Å². The third-order valence-electron chi connectivity index (χ3n) is 5.60. The van der Waals surface area contributed by atoms with Gasteiger partial charge in [0.05, 0.1) is 40.3 Å². The highest BCUT2D eigenvalue weighted by Gasteiger charge is 2.21. The molecule has 1 aliphatic rings. The maximum atomic E-state index is 12.9. The zero-order chi connectivity index (χ0) is 23.8. The number of carbonyl (C=O) groups is 1. The van der Waals surface area contributed by atoms with Crippen LogP contribution in [-0.2, 0) is 6.42 Å². The van der Waals surface area contributed by atoms with Gasteiger partial charge in [-0.25, -0.2) is 0 Å². The summed E-state index contributed by atoms with van der Waals surface area (Å²) in [5.41, 5.74) is 4.20. The average molecular weight is 447 g/mol. The number of fused-ring (bicyclic) bond motifs is 2. The van der Waals surface area contributed by atoms with Crippen LogP contribution >= 0.6 is 0 Å². The summed E-state index contributed by atoms with van der Waals surface area (Å²) in [6, 6.07) is 15.8. The molecule has 0 aromatic heterocycles. The van der Waals surface area contributed by atoms with Crippen LogP contribution < -0.4 is 15.4 Å². The summed E-state index contributed by atoms with van der Waals surface area (Å²) in [5, 5.41) is 27.5. The van der Waals surface area contributed by atoms with Crippen molar-refractivity contribution < 1.29 is 19.6 Å². The summed E-state index contributed by atoms with van der Waals surface area (Å²) in [4.78, 5) is 23.6. The molecule has 0 radical (unpaired) electrons. The number of hydrogen-bond acceptors (Lipinski definition) is 6. The molecule has 3 N–H and O–H groups in total. The van der Waals surface area contributed by atoms with Gasteiger partial charge in [0, 0.05) is 6.07 Å². The molecule has 170 valence electrons. The summed E-state index contributed by atoms with van der Waals surface area (Å²) >= 11 is 0. The second-order valence-corrected chi connectivity index (χ2v) is 8.68. The molecule has 0 saturated carbocycles. The fourth-order valence-corrected chi connectivity index (χ4v) is 3.78. The summed E-state index contributed by atoms with van der Waals surface area (Å²) in [5.74, 6) is -0.0641. The normalized spacial score (nSPS) is 12.7. The molecule has 0 saturated heterocycles. The molecule has 0 atom stereocenters. The van der Waals surface area contributed by atoms with Crippen molar-refractivity contribution in [2.75, 3.05) is 17.7 Å². The van der Waals surface area contributed by atoms with E-state index in [-0.39, 0.29) is 17.3 Å². The minimum atomic E-state index is -0.762. The molecule has 1 heterocycles. The Hall–Kier alpha value is -3.91. The van der Waals surface area contributed by atoms with E-state index in [1.807, 2.05) is 24.3 Å². The molecule has 3 aromatic carbocycles. The van der Waals surface area contributed by atoms with E-state index in [0.717, 1.165) is 22.4 Å². The molecule has 8 nitrogen and oxygen atoms in total. The van der Waals surface area contributed by atoms with Crippen LogP contribution in [-0.4, -0.2) is 28.6 Å². The molecule has 0 spiro atoms. The Kier molecular flexibility index (Phi) is 5.78. The van der Waals surface area contributed by atoms with E-state index in [1.54, 1.807) is 38.1 Å². The lowest BCUT2D eigenvalue weighted by Crippen LogP contribution is -2.19. The molecule has 0 unspecified atom stereocenters. The number of nitro benzene ring substituents is 1. The number of hydrogen-bond donors (Lipinski definition) is 3. The number of methoxy groups -OCH3 is 1. The van der Waals surface area contributed by atoms with E-state index in [2.05, 4.69) is 10.6 Å². The van der Waals surface area contributed by atoms with Gasteiger partial charge in [0.15, 0.2) is 5.75 Å². The van der Waals surface area contributed by atoms with E-state index >= 15 is 0 Å². The van der Waals surface area contributed by atoms with Crippen LogP contribution in [0.4, 0.5) is 22.7 Å². The number of ether oxygens (including phenoxy) is 1. The van der Waals surface area contributed by atoms with Crippen molar-refractivity contribution in [3.8, 4) is 16.9 Å². The number of benzene rings is 3. The maximum Gasteiger partial charge on any atom is 0.310 e. The number of anilines is 3. The van der Waals surface area contributed by atoms with Crippen molar-refractivity contribution >= 4 is 28.7 Å². The Morgan fingerprint density at radius 2 is 1.70 bits per heavy atom. The van der Waals surface area contributed by atoms with Gasteiger partial charge in [-0.2, -0.15) is 0 Å². The zero-order valence-corrected chi connectivity index (χ0v) is 18.6. The number of carbonyl (C=O) groups excluding carboxylic acids is 1.